The van der Waals surface area contributed by atoms with Gasteiger partial charge >= 0.3 is 0 Å². The molecule has 3 heterocycles. The lowest BCUT2D eigenvalue weighted by Gasteiger charge is -2.34. The summed E-state index contributed by atoms with van der Waals surface area (Å²) in [5.74, 6) is -2.42. The fourth-order valence-electron chi connectivity index (χ4n) is 4.10. The van der Waals surface area contributed by atoms with Crippen LogP contribution < -0.4 is 5.56 Å². The normalized spacial score (nSPS) is 15.8. The van der Waals surface area contributed by atoms with Gasteiger partial charge in [-0.3, -0.25) is 14.6 Å². The van der Waals surface area contributed by atoms with E-state index < -0.39 is 23.2 Å². The predicted molar refractivity (Wildman–Crippen MR) is 111 cm³/mol. The van der Waals surface area contributed by atoms with Crippen LogP contribution in [0.15, 0.2) is 53.5 Å². The van der Waals surface area contributed by atoms with Crippen LogP contribution in [0.1, 0.15) is 27.7 Å². The molecule has 1 N–H and O–H groups in total. The summed E-state index contributed by atoms with van der Waals surface area (Å²) >= 11 is 0. The van der Waals surface area contributed by atoms with E-state index in [0.29, 0.717) is 16.8 Å². The van der Waals surface area contributed by atoms with Gasteiger partial charge in [-0.25, -0.2) is 8.78 Å². The zero-order chi connectivity index (χ0) is 21.7. The van der Waals surface area contributed by atoms with E-state index in [1.807, 2.05) is 6.07 Å². The van der Waals surface area contributed by atoms with Crippen LogP contribution >= 0.6 is 0 Å². The molecule has 0 unspecified atom stereocenters. The topological polar surface area (TPSA) is 75.3 Å². The van der Waals surface area contributed by atoms with Gasteiger partial charge in [-0.15, -0.1) is 0 Å². The maximum absolute atomic E-state index is 14.0. The van der Waals surface area contributed by atoms with E-state index in [1.54, 1.807) is 37.5 Å². The van der Waals surface area contributed by atoms with Crippen molar-refractivity contribution in [2.45, 2.75) is 12.6 Å². The molecule has 0 saturated heterocycles. The van der Waals surface area contributed by atoms with Gasteiger partial charge in [0.25, 0.3) is 11.5 Å². The molecule has 1 aliphatic rings. The van der Waals surface area contributed by atoms with Crippen molar-refractivity contribution >= 4 is 27.6 Å². The third kappa shape index (κ3) is 3.16. The summed E-state index contributed by atoms with van der Waals surface area (Å²) in [6.45, 7) is 0.268. The van der Waals surface area contributed by atoms with Gasteiger partial charge in [-0.2, -0.15) is 0 Å². The third-order valence-corrected chi connectivity index (χ3v) is 5.68. The second-order valence-corrected chi connectivity index (χ2v) is 7.52. The molecule has 4 aromatic rings. The zero-order valence-electron chi connectivity index (χ0n) is 16.5. The molecular weight excluding hydrogens is 404 g/mol. The van der Waals surface area contributed by atoms with E-state index in [0.717, 1.165) is 23.0 Å². The molecule has 0 spiro atoms. The van der Waals surface area contributed by atoms with Crippen LogP contribution in [-0.2, 0) is 11.3 Å². The Balaban J connectivity index is 1.61. The van der Waals surface area contributed by atoms with Crippen LogP contribution in [0.25, 0.3) is 21.7 Å². The third-order valence-electron chi connectivity index (χ3n) is 5.68. The number of ether oxygens (including phenoxy) is 1. The Morgan fingerprint density at radius 1 is 1.16 bits per heavy atom. The van der Waals surface area contributed by atoms with Crippen LogP contribution in [0, 0.1) is 11.6 Å². The standard InChI is InChI=1S/C23H17F2N3O3/c1-28(23(30)13-4-5-18-12(7-13)3-2-6-26-18)20-11-31-10-19-21(20)14-8-16(24)17(25)9-15(14)22(29)27-19/h2-9,20H,10-11H2,1H3,(H,27,29)/t20-/m0/s1. The molecule has 156 valence electrons. The minimum absolute atomic E-state index is 0.0298. The number of H-pyrrole nitrogens is 1. The molecule has 0 radical (unpaired) electrons. The second-order valence-electron chi connectivity index (χ2n) is 7.52. The van der Waals surface area contributed by atoms with Crippen molar-refractivity contribution in [2.75, 3.05) is 13.7 Å². The van der Waals surface area contributed by atoms with Crippen LogP contribution in [0.4, 0.5) is 8.78 Å². The lowest BCUT2D eigenvalue weighted by atomic mass is 9.95. The van der Waals surface area contributed by atoms with Gasteiger partial charge in [0, 0.05) is 35.5 Å². The van der Waals surface area contributed by atoms with Gasteiger partial charge < -0.3 is 14.6 Å². The Bertz CT molecular complexity index is 1420. The number of aromatic amines is 1. The van der Waals surface area contributed by atoms with Crippen molar-refractivity contribution in [3.63, 3.8) is 0 Å². The molecule has 0 aliphatic carbocycles. The summed E-state index contributed by atoms with van der Waals surface area (Å²) < 4.78 is 33.4. The van der Waals surface area contributed by atoms with Gasteiger partial charge in [0.15, 0.2) is 11.6 Å². The predicted octanol–water partition coefficient (Wildman–Crippen LogP) is 3.70. The monoisotopic (exact) mass is 421 g/mol. The number of carbonyl (C=O) groups excluding carboxylic acids is 1. The van der Waals surface area contributed by atoms with Crippen molar-refractivity contribution in [1.82, 2.24) is 14.9 Å². The molecule has 5 rings (SSSR count). The average molecular weight is 421 g/mol. The number of nitrogens with one attached hydrogen (secondary N) is 1. The number of rotatable bonds is 2. The summed E-state index contributed by atoms with van der Waals surface area (Å²) in [7, 11) is 1.62. The van der Waals surface area contributed by atoms with Crippen LogP contribution in [0.3, 0.4) is 0 Å². The Morgan fingerprint density at radius 3 is 2.74 bits per heavy atom. The largest absolute Gasteiger partial charge is 0.373 e. The van der Waals surface area contributed by atoms with Gasteiger partial charge in [0.1, 0.15) is 0 Å². The van der Waals surface area contributed by atoms with E-state index in [4.69, 9.17) is 4.74 Å². The highest BCUT2D eigenvalue weighted by Gasteiger charge is 2.31. The molecule has 2 aromatic carbocycles. The van der Waals surface area contributed by atoms with Gasteiger partial charge in [-0.1, -0.05) is 6.07 Å². The first-order valence-electron chi connectivity index (χ1n) is 9.67. The summed E-state index contributed by atoms with van der Waals surface area (Å²) in [6.07, 6.45) is 1.68. The number of halogens is 2. The van der Waals surface area contributed by atoms with E-state index in [-0.39, 0.29) is 29.9 Å². The Kier molecular flexibility index (Phi) is 4.51. The smallest absolute Gasteiger partial charge is 0.256 e. The summed E-state index contributed by atoms with van der Waals surface area (Å²) in [5.41, 5.74) is 1.70. The lowest BCUT2D eigenvalue weighted by molar-refractivity contribution is 0.0336. The van der Waals surface area contributed by atoms with E-state index in [9.17, 15) is 18.4 Å². The summed E-state index contributed by atoms with van der Waals surface area (Å²) in [4.78, 5) is 34.1. The summed E-state index contributed by atoms with van der Waals surface area (Å²) in [6, 6.07) is 10.2. The van der Waals surface area contributed by atoms with E-state index in [2.05, 4.69) is 9.97 Å². The van der Waals surface area contributed by atoms with Crippen molar-refractivity contribution in [2.24, 2.45) is 0 Å². The fourth-order valence-corrected chi connectivity index (χ4v) is 4.10. The molecule has 2 aromatic heterocycles. The highest BCUT2D eigenvalue weighted by Crippen LogP contribution is 2.34. The second kappa shape index (κ2) is 7.24. The number of carbonyl (C=O) groups is 1. The Labute approximate surface area is 175 Å². The van der Waals surface area contributed by atoms with E-state index in [1.165, 1.54) is 4.90 Å². The average Bonchev–Trinajstić information content (AvgIpc) is 2.78. The Hall–Kier alpha value is -3.65. The number of hydrogen-bond acceptors (Lipinski definition) is 4. The van der Waals surface area contributed by atoms with Gasteiger partial charge in [-0.05, 0) is 41.8 Å². The van der Waals surface area contributed by atoms with Crippen LogP contribution in [-0.4, -0.2) is 34.4 Å². The molecule has 0 bridgehead atoms. The molecule has 0 saturated carbocycles. The number of nitrogens with zero attached hydrogens (tertiary/aromatic N) is 2. The zero-order valence-corrected chi connectivity index (χ0v) is 16.5. The SMILES string of the molecule is CN(C(=O)c1ccc2ncccc2c1)[C@H]1COCc2[nH]c(=O)c3cc(F)c(F)cc3c21. The number of pyridine rings is 2. The first-order chi connectivity index (χ1) is 14.9. The highest BCUT2D eigenvalue weighted by molar-refractivity contribution is 5.98. The van der Waals surface area contributed by atoms with E-state index >= 15 is 0 Å². The number of benzene rings is 2. The lowest BCUT2D eigenvalue weighted by Crippen LogP contribution is -2.37. The Morgan fingerprint density at radius 2 is 1.94 bits per heavy atom. The fraction of sp³-hybridized carbons (Fsp3) is 0.174. The highest BCUT2D eigenvalue weighted by atomic mass is 19.2. The molecule has 31 heavy (non-hydrogen) atoms. The molecule has 1 aliphatic heterocycles. The molecule has 6 nitrogen and oxygen atoms in total. The van der Waals surface area contributed by atoms with Gasteiger partial charge in [0.2, 0.25) is 0 Å². The van der Waals surface area contributed by atoms with Crippen LogP contribution in [0.5, 0.6) is 0 Å². The number of amides is 1. The first-order valence-corrected chi connectivity index (χ1v) is 9.67. The minimum atomic E-state index is -1.10. The molecule has 0 fully saturated rings. The molecule has 1 atom stereocenters. The van der Waals surface area contributed by atoms with Gasteiger partial charge in [0.05, 0.1) is 30.2 Å². The minimum Gasteiger partial charge on any atom is -0.373 e. The number of hydrogen-bond donors (Lipinski definition) is 1. The molecular formula is C23H17F2N3O3. The van der Waals surface area contributed by atoms with Crippen molar-refractivity contribution < 1.29 is 18.3 Å². The number of likely N-dealkylation sites (N-methyl/N-ethyl adjacent to an activating group) is 1. The van der Waals surface area contributed by atoms with Crippen molar-refractivity contribution in [1.29, 1.82) is 0 Å². The maximum Gasteiger partial charge on any atom is 0.256 e. The van der Waals surface area contributed by atoms with Crippen LogP contribution in [0.2, 0.25) is 0 Å². The first kappa shape index (κ1) is 19.3. The summed E-state index contributed by atoms with van der Waals surface area (Å²) in [5, 5.41) is 1.13. The number of fused-ring (bicyclic) bond motifs is 4. The molecule has 1 amide bonds. The molecule has 8 heteroatoms. The maximum atomic E-state index is 14.0. The quantitative estimate of drug-likeness (QED) is 0.536. The van der Waals surface area contributed by atoms with Crippen molar-refractivity contribution in [3.05, 3.63) is 87.5 Å². The van der Waals surface area contributed by atoms with Crippen molar-refractivity contribution in [3.8, 4) is 0 Å². The number of aromatic nitrogens is 2.